The van der Waals surface area contributed by atoms with Crippen molar-refractivity contribution in [3.63, 3.8) is 0 Å². The molecule has 6 aromatic rings. The van der Waals surface area contributed by atoms with E-state index in [0.717, 1.165) is 0 Å². The number of carbonyl (C=O) groups excluding carboxylic acids is 1. The molecule has 4 aromatic heterocycles. The van der Waals surface area contributed by atoms with Crippen molar-refractivity contribution in [2.75, 3.05) is 12.3 Å². The number of rotatable bonds is 6. The van der Waals surface area contributed by atoms with E-state index in [-0.39, 0.29) is 23.5 Å². The molecule has 1 unspecified atom stereocenters. The van der Waals surface area contributed by atoms with Gasteiger partial charge in [0.2, 0.25) is 0 Å². The Morgan fingerprint density at radius 2 is 2.00 bits per heavy atom. The minimum Gasteiger partial charge on any atom is -0.394 e. The summed E-state index contributed by atoms with van der Waals surface area (Å²) in [5.74, 6) is 5.96. The number of H-pyrrole nitrogens is 1. The molecule has 4 heterocycles. The zero-order chi connectivity index (χ0) is 29.2. The summed E-state index contributed by atoms with van der Waals surface area (Å²) in [4.78, 5) is 32.0. The van der Waals surface area contributed by atoms with Crippen LogP contribution in [0, 0.1) is 11.8 Å². The number of aromatic amines is 1. The van der Waals surface area contributed by atoms with Crippen LogP contribution >= 0.6 is 0 Å². The first kappa shape index (κ1) is 26.5. The lowest BCUT2D eigenvalue weighted by atomic mass is 10.0. The quantitative estimate of drug-likeness (QED) is 0.182. The molecular formula is C31H27N8O3+. The van der Waals surface area contributed by atoms with Gasteiger partial charge in [-0.15, -0.1) is 4.52 Å². The predicted octanol–water partition coefficient (Wildman–Crippen LogP) is 2.11. The van der Waals surface area contributed by atoms with E-state index in [0.29, 0.717) is 45.5 Å². The van der Waals surface area contributed by atoms with Gasteiger partial charge in [-0.1, -0.05) is 42.2 Å². The smallest absolute Gasteiger partial charge is 0.362 e. The molecule has 42 heavy (non-hydrogen) atoms. The number of nitrogens with two attached hydrogens (primary N) is 1. The monoisotopic (exact) mass is 559 g/mol. The van der Waals surface area contributed by atoms with E-state index in [4.69, 9.17) is 10.8 Å². The van der Waals surface area contributed by atoms with Gasteiger partial charge in [0.25, 0.3) is 11.5 Å². The second-order valence-corrected chi connectivity index (χ2v) is 9.69. The number of benzene rings is 2. The Bertz CT molecular complexity index is 2070. The number of nitrogen functional groups attached to an aromatic ring is 1. The Balaban J connectivity index is 1.45. The van der Waals surface area contributed by atoms with Crippen LogP contribution in [-0.4, -0.2) is 42.1 Å². The van der Waals surface area contributed by atoms with Crippen molar-refractivity contribution in [3.8, 4) is 17.5 Å². The molecular weight excluding hydrogens is 532 g/mol. The van der Waals surface area contributed by atoms with Gasteiger partial charge in [0, 0.05) is 29.2 Å². The van der Waals surface area contributed by atoms with E-state index < -0.39 is 11.9 Å². The third-order valence-electron chi connectivity index (χ3n) is 6.89. The summed E-state index contributed by atoms with van der Waals surface area (Å²) in [6.45, 7) is 2.16. The molecule has 0 aliphatic heterocycles. The van der Waals surface area contributed by atoms with Crippen LogP contribution in [0.25, 0.3) is 22.1 Å². The van der Waals surface area contributed by atoms with Crippen LogP contribution in [0.15, 0.2) is 90.2 Å². The van der Waals surface area contributed by atoms with Crippen LogP contribution in [0.4, 0.5) is 5.82 Å². The molecule has 11 heteroatoms. The van der Waals surface area contributed by atoms with Crippen LogP contribution in [0.1, 0.15) is 40.1 Å². The van der Waals surface area contributed by atoms with Crippen molar-refractivity contribution in [2.24, 2.45) is 0 Å². The Morgan fingerprint density at radius 3 is 2.81 bits per heavy atom. The number of pyridine rings is 1. The lowest BCUT2D eigenvalue weighted by Crippen LogP contribution is -2.33. The summed E-state index contributed by atoms with van der Waals surface area (Å²) in [5, 5.41) is 20.4. The Hall–Kier alpha value is -5.73. The maximum Gasteiger partial charge on any atom is 0.362 e. The van der Waals surface area contributed by atoms with E-state index >= 15 is 0 Å². The number of aliphatic hydroxyl groups excluding tert-OH is 1. The molecule has 0 spiro atoms. The van der Waals surface area contributed by atoms with Crippen molar-refractivity contribution in [1.29, 1.82) is 0 Å². The Kier molecular flexibility index (Phi) is 6.96. The lowest BCUT2D eigenvalue weighted by molar-refractivity contribution is -0.577. The number of fused-ring (bicyclic) bond motifs is 2. The number of anilines is 1. The number of carbonyl (C=O) groups is 1. The molecule has 1 amide bonds. The van der Waals surface area contributed by atoms with Crippen molar-refractivity contribution >= 4 is 28.1 Å². The molecule has 2 aromatic carbocycles. The van der Waals surface area contributed by atoms with Crippen molar-refractivity contribution in [3.05, 3.63) is 118 Å². The lowest BCUT2D eigenvalue weighted by Gasteiger charge is -2.21. The van der Waals surface area contributed by atoms with Crippen molar-refractivity contribution < 1.29 is 14.4 Å². The fourth-order valence-electron chi connectivity index (χ4n) is 4.96. The molecule has 0 saturated carbocycles. The standard InChI is InChI=1S/C31H26N8O3/c1-20(35-30(41)27-28(32)36-38-14-6-13-33-29(27)38)25-17-23-8-5-7-22(12-11-21-18-34-37(19-21)15-16-40)26(23)31(42)39(25)24-9-3-2-4-10-24/h2-10,13-14,17-20,40H,15-16H2,1H3,(H3,32,35,36,41)/p+1. The summed E-state index contributed by atoms with van der Waals surface area (Å²) in [6, 6.07) is 17.8. The van der Waals surface area contributed by atoms with Crippen molar-refractivity contribution in [1.82, 2.24) is 29.7 Å². The van der Waals surface area contributed by atoms with Crippen molar-refractivity contribution in [2.45, 2.75) is 19.5 Å². The number of amides is 1. The minimum absolute atomic E-state index is 0.0247. The minimum atomic E-state index is -0.583. The summed E-state index contributed by atoms with van der Waals surface area (Å²) >= 11 is 0. The van der Waals surface area contributed by atoms with Crippen LogP contribution in [-0.2, 0) is 6.54 Å². The fourth-order valence-corrected chi connectivity index (χ4v) is 4.96. The van der Waals surface area contributed by atoms with Gasteiger partial charge in [-0.25, -0.2) is 5.10 Å². The van der Waals surface area contributed by atoms with Gasteiger partial charge in [-0.05, 0) is 41.6 Å². The summed E-state index contributed by atoms with van der Waals surface area (Å²) in [6.07, 6.45) is 6.67. The van der Waals surface area contributed by atoms with E-state index in [1.165, 1.54) is 0 Å². The van der Waals surface area contributed by atoms with Crippen LogP contribution in [0.2, 0.25) is 0 Å². The first-order valence-corrected chi connectivity index (χ1v) is 13.3. The first-order chi connectivity index (χ1) is 20.4. The molecule has 0 fully saturated rings. The Labute approximate surface area is 239 Å². The molecule has 0 radical (unpaired) electrons. The molecule has 6 rings (SSSR count). The fraction of sp³-hybridized carbons (Fsp3) is 0.129. The number of nitrogens with zero attached hydrogens (tertiary/aromatic N) is 5. The molecule has 1 atom stereocenters. The van der Waals surface area contributed by atoms with E-state index in [1.807, 2.05) is 55.5 Å². The molecule has 0 aliphatic rings. The van der Waals surface area contributed by atoms with Gasteiger partial charge in [-0.2, -0.15) is 5.10 Å². The number of aromatic nitrogens is 6. The first-order valence-electron chi connectivity index (χ1n) is 13.3. The number of nitrogens with one attached hydrogen (secondary N) is 2. The number of para-hydroxylation sites is 1. The third kappa shape index (κ3) is 4.87. The summed E-state index contributed by atoms with van der Waals surface area (Å²) in [7, 11) is 0. The van der Waals surface area contributed by atoms with Crippen LogP contribution in [0.5, 0.6) is 0 Å². The number of hydrogen-bond acceptors (Lipinski definition) is 6. The molecule has 208 valence electrons. The predicted molar refractivity (Wildman–Crippen MR) is 157 cm³/mol. The second-order valence-electron chi connectivity index (χ2n) is 9.69. The topological polar surface area (TPSA) is 148 Å². The van der Waals surface area contributed by atoms with Gasteiger partial charge in [0.15, 0.2) is 11.4 Å². The van der Waals surface area contributed by atoms with Gasteiger partial charge in [0.05, 0.1) is 36.3 Å². The van der Waals surface area contributed by atoms with Gasteiger partial charge in [-0.3, -0.25) is 18.8 Å². The number of aliphatic hydroxyl groups is 1. The highest BCUT2D eigenvalue weighted by atomic mass is 16.3. The Morgan fingerprint density at radius 1 is 1.17 bits per heavy atom. The highest BCUT2D eigenvalue weighted by molar-refractivity contribution is 6.03. The molecule has 0 aliphatic carbocycles. The SMILES string of the molecule is CC(NC(=O)c1c(N)[nH][n+]2cccnc12)c1cc2cccc(C#Cc3cnn(CCO)c3)c2c(=O)n1-c1ccccc1. The molecule has 11 nitrogen and oxygen atoms in total. The third-order valence-corrected chi connectivity index (χ3v) is 6.89. The highest BCUT2D eigenvalue weighted by Crippen LogP contribution is 2.24. The summed E-state index contributed by atoms with van der Waals surface area (Å²) < 4.78 is 4.78. The van der Waals surface area contributed by atoms with E-state index in [2.05, 4.69) is 32.3 Å². The largest absolute Gasteiger partial charge is 0.394 e. The zero-order valence-corrected chi connectivity index (χ0v) is 22.7. The maximum absolute atomic E-state index is 14.2. The zero-order valence-electron chi connectivity index (χ0n) is 22.7. The van der Waals surface area contributed by atoms with Crippen LogP contribution < -0.4 is 21.1 Å². The van der Waals surface area contributed by atoms with Crippen LogP contribution in [0.3, 0.4) is 0 Å². The van der Waals surface area contributed by atoms with Gasteiger partial charge < -0.3 is 16.2 Å². The molecule has 5 N–H and O–H groups in total. The average molecular weight is 560 g/mol. The van der Waals surface area contributed by atoms with Gasteiger partial charge in [0.1, 0.15) is 12.4 Å². The maximum atomic E-state index is 14.2. The van der Waals surface area contributed by atoms with E-state index in [1.54, 1.807) is 50.7 Å². The average Bonchev–Trinajstić information content (AvgIpc) is 3.59. The second kappa shape index (κ2) is 11.0. The molecule has 0 saturated heterocycles. The highest BCUT2D eigenvalue weighted by Gasteiger charge is 2.27. The van der Waals surface area contributed by atoms with E-state index in [9.17, 15) is 9.59 Å². The number of hydrogen-bond donors (Lipinski definition) is 4. The van der Waals surface area contributed by atoms with Gasteiger partial charge >= 0.3 is 5.65 Å². The normalized spacial score (nSPS) is 11.8. The molecule has 0 bridgehead atoms. The summed E-state index contributed by atoms with van der Waals surface area (Å²) in [5.41, 5.74) is 8.94.